The molecule has 0 radical (unpaired) electrons. The maximum atomic E-state index is 5.40. The van der Waals surface area contributed by atoms with Crippen LogP contribution in [0.1, 0.15) is 5.56 Å². The van der Waals surface area contributed by atoms with Gasteiger partial charge >= 0.3 is 6.01 Å². The molecule has 1 aliphatic heterocycles. The van der Waals surface area contributed by atoms with Gasteiger partial charge in [0, 0.05) is 24.5 Å². The molecule has 0 unspecified atom stereocenters. The summed E-state index contributed by atoms with van der Waals surface area (Å²) in [6, 6.07) is 4.18. The predicted octanol–water partition coefficient (Wildman–Crippen LogP) is 2.04. The van der Waals surface area contributed by atoms with Crippen LogP contribution in [0, 0.1) is 0 Å². The number of aromatic nitrogens is 5. The third-order valence-electron chi connectivity index (χ3n) is 4.08. The molecule has 0 spiro atoms. The molecule has 0 atom stereocenters. The second-order valence-corrected chi connectivity index (χ2v) is 5.42. The van der Waals surface area contributed by atoms with Crippen molar-refractivity contribution < 1.29 is 9.47 Å². The Labute approximate surface area is 144 Å². The van der Waals surface area contributed by atoms with Gasteiger partial charge in [0.2, 0.25) is 5.88 Å². The third-order valence-corrected chi connectivity index (χ3v) is 4.08. The smallest absolute Gasteiger partial charge is 0.319 e. The van der Waals surface area contributed by atoms with Crippen LogP contribution in [-0.4, -0.2) is 45.7 Å². The fraction of sp³-hybridized carbons (Fsp3) is 0.235. The Morgan fingerprint density at radius 3 is 2.76 bits per heavy atom. The molecule has 0 aromatic carbocycles. The third kappa shape index (κ3) is 2.61. The van der Waals surface area contributed by atoms with Crippen LogP contribution in [0.25, 0.3) is 11.3 Å². The number of fused-ring (bicyclic) bond motifs is 1. The van der Waals surface area contributed by atoms with Gasteiger partial charge in [-0.3, -0.25) is 4.98 Å². The lowest BCUT2D eigenvalue weighted by Crippen LogP contribution is -2.14. The van der Waals surface area contributed by atoms with Crippen molar-refractivity contribution >= 4 is 11.5 Å². The Bertz CT molecular complexity index is 903. The summed E-state index contributed by atoms with van der Waals surface area (Å²) in [6.07, 6.45) is 7.61. The molecule has 0 amide bonds. The molecule has 3 aromatic rings. The van der Waals surface area contributed by atoms with E-state index in [0.29, 0.717) is 5.88 Å². The zero-order chi connectivity index (χ0) is 17.2. The van der Waals surface area contributed by atoms with Crippen LogP contribution in [0.5, 0.6) is 11.9 Å². The fourth-order valence-electron chi connectivity index (χ4n) is 2.96. The molecule has 1 aliphatic rings. The van der Waals surface area contributed by atoms with Crippen LogP contribution >= 0.6 is 0 Å². The Kier molecular flexibility index (Phi) is 3.85. The molecule has 0 N–H and O–H groups in total. The molecule has 3 aromatic heterocycles. The SMILES string of the molecule is COc1ncc(-c2ncnc3c2CCN3c2cccnc2)c(OC)n1. The second-order valence-electron chi connectivity index (χ2n) is 5.42. The Balaban J connectivity index is 1.81. The average molecular weight is 336 g/mol. The molecular weight excluding hydrogens is 320 g/mol. The summed E-state index contributed by atoms with van der Waals surface area (Å²) in [5.74, 6) is 1.29. The van der Waals surface area contributed by atoms with Crippen molar-refractivity contribution in [3.63, 3.8) is 0 Å². The Morgan fingerprint density at radius 1 is 1.08 bits per heavy atom. The first-order valence-electron chi connectivity index (χ1n) is 7.78. The summed E-state index contributed by atoms with van der Waals surface area (Å²) in [5, 5.41) is 0. The highest BCUT2D eigenvalue weighted by Crippen LogP contribution is 2.39. The van der Waals surface area contributed by atoms with E-state index in [1.54, 1.807) is 25.8 Å². The topological polar surface area (TPSA) is 86.2 Å². The molecule has 0 bridgehead atoms. The first-order chi connectivity index (χ1) is 12.3. The van der Waals surface area contributed by atoms with Crippen molar-refractivity contribution in [2.24, 2.45) is 0 Å². The van der Waals surface area contributed by atoms with Crippen LogP contribution in [0.15, 0.2) is 37.1 Å². The van der Waals surface area contributed by atoms with Crippen molar-refractivity contribution in [1.82, 2.24) is 24.9 Å². The Hall–Kier alpha value is -3.29. The predicted molar refractivity (Wildman–Crippen MR) is 91.1 cm³/mol. The van der Waals surface area contributed by atoms with Gasteiger partial charge in [-0.05, 0) is 18.6 Å². The van der Waals surface area contributed by atoms with Gasteiger partial charge in [-0.25, -0.2) is 15.0 Å². The number of nitrogens with zero attached hydrogens (tertiary/aromatic N) is 6. The first kappa shape index (κ1) is 15.3. The van der Waals surface area contributed by atoms with Gasteiger partial charge in [-0.15, -0.1) is 0 Å². The number of pyridine rings is 1. The molecule has 0 saturated heterocycles. The summed E-state index contributed by atoms with van der Waals surface area (Å²) in [6.45, 7) is 0.812. The highest BCUT2D eigenvalue weighted by molar-refractivity contribution is 5.76. The molecule has 4 heterocycles. The number of rotatable bonds is 4. The lowest BCUT2D eigenvalue weighted by molar-refractivity contribution is 0.353. The van der Waals surface area contributed by atoms with Gasteiger partial charge < -0.3 is 14.4 Å². The van der Waals surface area contributed by atoms with E-state index in [1.165, 1.54) is 7.11 Å². The van der Waals surface area contributed by atoms with Crippen LogP contribution in [0.3, 0.4) is 0 Å². The highest BCUT2D eigenvalue weighted by atomic mass is 16.5. The standard InChI is InChI=1S/C17H16N6O2/c1-24-16-13(9-19-17(22-16)25-2)14-12-5-7-23(15(12)21-10-20-14)11-4-3-6-18-8-11/h3-4,6,8-10H,5,7H2,1-2H3. The van der Waals surface area contributed by atoms with Gasteiger partial charge in [0.05, 0.1) is 37.4 Å². The normalized spacial score (nSPS) is 12.8. The molecule has 8 heteroatoms. The quantitative estimate of drug-likeness (QED) is 0.715. The maximum absolute atomic E-state index is 5.40. The fourth-order valence-corrected chi connectivity index (χ4v) is 2.96. The van der Waals surface area contributed by atoms with E-state index in [9.17, 15) is 0 Å². The zero-order valence-electron chi connectivity index (χ0n) is 13.9. The second kappa shape index (κ2) is 6.31. The van der Waals surface area contributed by atoms with Gasteiger partial charge in [0.15, 0.2) is 0 Å². The van der Waals surface area contributed by atoms with E-state index in [2.05, 4.69) is 29.8 Å². The maximum Gasteiger partial charge on any atom is 0.319 e. The minimum Gasteiger partial charge on any atom is -0.480 e. The van der Waals surface area contributed by atoms with Gasteiger partial charge in [-0.1, -0.05) is 0 Å². The number of hydrogen-bond acceptors (Lipinski definition) is 8. The van der Waals surface area contributed by atoms with Crippen molar-refractivity contribution in [1.29, 1.82) is 0 Å². The lowest BCUT2D eigenvalue weighted by Gasteiger charge is -2.18. The number of anilines is 2. The van der Waals surface area contributed by atoms with Gasteiger partial charge in [0.25, 0.3) is 0 Å². The number of methoxy groups -OCH3 is 2. The van der Waals surface area contributed by atoms with E-state index in [-0.39, 0.29) is 6.01 Å². The average Bonchev–Trinajstić information content (AvgIpc) is 3.12. The van der Waals surface area contributed by atoms with Crippen LogP contribution in [-0.2, 0) is 6.42 Å². The van der Waals surface area contributed by atoms with E-state index >= 15 is 0 Å². The molecular formula is C17H16N6O2. The van der Waals surface area contributed by atoms with Gasteiger partial charge in [0.1, 0.15) is 12.1 Å². The largest absolute Gasteiger partial charge is 0.480 e. The van der Waals surface area contributed by atoms with Crippen LogP contribution in [0.2, 0.25) is 0 Å². The lowest BCUT2D eigenvalue weighted by atomic mass is 10.1. The molecule has 126 valence electrons. The summed E-state index contributed by atoms with van der Waals surface area (Å²) in [5.41, 5.74) is 3.54. The molecule has 25 heavy (non-hydrogen) atoms. The Morgan fingerprint density at radius 2 is 2.00 bits per heavy atom. The molecule has 0 fully saturated rings. The monoisotopic (exact) mass is 336 g/mol. The summed E-state index contributed by atoms with van der Waals surface area (Å²) in [7, 11) is 3.08. The number of hydrogen-bond donors (Lipinski definition) is 0. The van der Waals surface area contributed by atoms with Crippen molar-refractivity contribution in [2.45, 2.75) is 6.42 Å². The summed E-state index contributed by atoms with van der Waals surface area (Å²) >= 11 is 0. The molecule has 0 saturated carbocycles. The summed E-state index contributed by atoms with van der Waals surface area (Å²) < 4.78 is 10.5. The van der Waals surface area contributed by atoms with E-state index in [1.807, 2.05) is 18.3 Å². The summed E-state index contributed by atoms with van der Waals surface area (Å²) in [4.78, 5) is 23.7. The van der Waals surface area contributed by atoms with E-state index in [0.717, 1.165) is 41.3 Å². The highest BCUT2D eigenvalue weighted by Gasteiger charge is 2.27. The molecule has 8 nitrogen and oxygen atoms in total. The van der Waals surface area contributed by atoms with Crippen molar-refractivity contribution in [3.05, 3.63) is 42.6 Å². The van der Waals surface area contributed by atoms with Gasteiger partial charge in [-0.2, -0.15) is 4.98 Å². The molecule has 0 aliphatic carbocycles. The zero-order valence-corrected chi connectivity index (χ0v) is 13.9. The minimum absolute atomic E-state index is 0.253. The molecule has 4 rings (SSSR count). The first-order valence-corrected chi connectivity index (χ1v) is 7.78. The van der Waals surface area contributed by atoms with E-state index < -0.39 is 0 Å². The van der Waals surface area contributed by atoms with Crippen molar-refractivity contribution in [3.8, 4) is 23.1 Å². The van der Waals surface area contributed by atoms with Crippen LogP contribution < -0.4 is 14.4 Å². The van der Waals surface area contributed by atoms with Crippen LogP contribution in [0.4, 0.5) is 11.5 Å². The van der Waals surface area contributed by atoms with E-state index in [4.69, 9.17) is 9.47 Å². The minimum atomic E-state index is 0.253. The van der Waals surface area contributed by atoms with Crippen molar-refractivity contribution in [2.75, 3.05) is 25.7 Å². The number of ether oxygens (including phenoxy) is 2.